The molecule has 1 aliphatic rings. The lowest BCUT2D eigenvalue weighted by molar-refractivity contribution is -0.140. The monoisotopic (exact) mass is 337 g/mol. The molecule has 1 aromatic heterocycles. The number of rotatable bonds is 4. The van der Waals surface area contributed by atoms with Gasteiger partial charge < -0.3 is 15.4 Å². The fraction of sp³-hybridized carbons (Fsp3) is 0.692. The number of aromatic nitrogens is 1. The highest BCUT2D eigenvalue weighted by atomic mass is 32.1. The minimum Gasteiger partial charge on any atom is -0.375 e. The van der Waals surface area contributed by atoms with E-state index in [1.54, 1.807) is 13.8 Å². The Balaban J connectivity index is 2.05. The minimum absolute atomic E-state index is 0.257. The maximum absolute atomic E-state index is 12.6. The molecular formula is C13H18F3N3O2S. The molecule has 0 radical (unpaired) electrons. The molecule has 3 atom stereocenters. The lowest BCUT2D eigenvalue weighted by Crippen LogP contribution is -2.55. The number of alkyl halides is 3. The zero-order valence-corrected chi connectivity index (χ0v) is 13.1. The van der Waals surface area contributed by atoms with E-state index in [1.807, 2.05) is 0 Å². The van der Waals surface area contributed by atoms with E-state index in [0.29, 0.717) is 19.6 Å². The van der Waals surface area contributed by atoms with Crippen LogP contribution in [0.4, 0.5) is 13.2 Å². The molecule has 9 heteroatoms. The van der Waals surface area contributed by atoms with Gasteiger partial charge in [-0.1, -0.05) is 6.92 Å². The van der Waals surface area contributed by atoms with Gasteiger partial charge in [0, 0.05) is 11.9 Å². The summed E-state index contributed by atoms with van der Waals surface area (Å²) in [7, 11) is 0. The third-order valence-electron chi connectivity index (χ3n) is 3.43. The predicted octanol–water partition coefficient (Wildman–Crippen LogP) is 2.11. The number of ether oxygens (including phenoxy) is 1. The van der Waals surface area contributed by atoms with Crippen molar-refractivity contribution in [3.05, 3.63) is 16.1 Å². The molecule has 2 rings (SSSR count). The van der Waals surface area contributed by atoms with Gasteiger partial charge in [-0.3, -0.25) is 4.79 Å². The number of hydrogen-bond acceptors (Lipinski definition) is 5. The van der Waals surface area contributed by atoms with Crippen molar-refractivity contribution in [2.45, 2.75) is 44.6 Å². The molecule has 1 amide bonds. The number of hydrogen-bond donors (Lipinski definition) is 2. The summed E-state index contributed by atoms with van der Waals surface area (Å²) in [5.74, 6) is -0.289. The quantitative estimate of drug-likeness (QED) is 0.883. The summed E-state index contributed by atoms with van der Waals surface area (Å²) in [6.07, 6.45) is -4.30. The van der Waals surface area contributed by atoms with Crippen molar-refractivity contribution in [1.29, 1.82) is 0 Å². The van der Waals surface area contributed by atoms with E-state index in [0.717, 1.165) is 16.7 Å². The van der Waals surface area contributed by atoms with Crippen LogP contribution in [0, 0.1) is 0 Å². The number of carbonyl (C=O) groups excluding carboxylic acids is 1. The second-order valence-corrected chi connectivity index (χ2v) is 5.94. The van der Waals surface area contributed by atoms with Gasteiger partial charge in [-0.25, -0.2) is 4.98 Å². The molecule has 124 valence electrons. The lowest BCUT2D eigenvalue weighted by Gasteiger charge is -2.30. The summed E-state index contributed by atoms with van der Waals surface area (Å²) in [5, 5.41) is 7.02. The summed E-state index contributed by atoms with van der Waals surface area (Å²) >= 11 is 0.901. The topological polar surface area (TPSA) is 63.2 Å². The highest BCUT2D eigenvalue weighted by Crippen LogP contribution is 2.32. The Hall–Kier alpha value is -1.19. The fourth-order valence-electron chi connectivity index (χ4n) is 2.21. The highest BCUT2D eigenvalue weighted by Gasteiger charge is 2.35. The summed E-state index contributed by atoms with van der Waals surface area (Å²) in [6.45, 7) is 4.66. The van der Waals surface area contributed by atoms with Gasteiger partial charge in [0.15, 0.2) is 5.69 Å². The molecule has 0 bridgehead atoms. The maximum Gasteiger partial charge on any atom is 0.434 e. The summed E-state index contributed by atoms with van der Waals surface area (Å²) < 4.78 is 43.2. The number of amides is 1. The van der Waals surface area contributed by atoms with E-state index in [1.165, 1.54) is 0 Å². The van der Waals surface area contributed by atoms with Crippen LogP contribution in [0.1, 0.15) is 37.0 Å². The van der Waals surface area contributed by atoms with E-state index in [9.17, 15) is 18.0 Å². The predicted molar refractivity (Wildman–Crippen MR) is 75.5 cm³/mol. The Morgan fingerprint density at radius 3 is 2.91 bits per heavy atom. The van der Waals surface area contributed by atoms with Gasteiger partial charge in [0.05, 0.1) is 18.8 Å². The zero-order chi connectivity index (χ0) is 16.3. The van der Waals surface area contributed by atoms with E-state index < -0.39 is 24.0 Å². The van der Waals surface area contributed by atoms with Crippen LogP contribution in [-0.2, 0) is 15.7 Å². The number of morpholine rings is 1. The molecule has 1 unspecified atom stereocenters. The lowest BCUT2D eigenvalue weighted by atomic mass is 10.1. The Morgan fingerprint density at radius 1 is 1.64 bits per heavy atom. The molecule has 5 nitrogen and oxygen atoms in total. The van der Waals surface area contributed by atoms with Crippen LogP contribution < -0.4 is 10.6 Å². The average Bonchev–Trinajstić information content (AvgIpc) is 2.94. The van der Waals surface area contributed by atoms with Crippen molar-refractivity contribution in [3.63, 3.8) is 0 Å². The average molecular weight is 337 g/mol. The van der Waals surface area contributed by atoms with E-state index in [4.69, 9.17) is 4.74 Å². The van der Waals surface area contributed by atoms with Gasteiger partial charge in [0.25, 0.3) is 0 Å². The maximum atomic E-state index is 12.6. The third kappa shape index (κ3) is 3.96. The Bertz CT molecular complexity index is 521. The van der Waals surface area contributed by atoms with E-state index >= 15 is 0 Å². The summed E-state index contributed by atoms with van der Waals surface area (Å²) in [6, 6.07) is -1.05. The van der Waals surface area contributed by atoms with Crippen LogP contribution in [0.2, 0.25) is 0 Å². The SMILES string of the molecule is CCC(NC(=O)[C@H]1NCCO[C@@H]1C)c1nc(C(F)(F)F)cs1. The van der Waals surface area contributed by atoms with Crippen molar-refractivity contribution in [2.75, 3.05) is 13.2 Å². The van der Waals surface area contributed by atoms with Gasteiger partial charge in [-0.15, -0.1) is 11.3 Å². The number of thiazole rings is 1. The Kier molecular flexibility index (Phi) is 5.41. The smallest absolute Gasteiger partial charge is 0.375 e. The zero-order valence-electron chi connectivity index (χ0n) is 12.2. The van der Waals surface area contributed by atoms with Crippen molar-refractivity contribution in [3.8, 4) is 0 Å². The standard InChI is InChI=1S/C13H18F3N3O2S/c1-3-8(12-19-9(6-22-12)13(14,15)16)18-11(20)10-7(2)21-5-4-17-10/h6-8,10,17H,3-5H2,1-2H3,(H,18,20)/t7-,8?,10+/m1/s1. The first-order valence-corrected chi connectivity index (χ1v) is 7.89. The van der Waals surface area contributed by atoms with Crippen LogP contribution in [-0.4, -0.2) is 36.2 Å². The van der Waals surface area contributed by atoms with Crippen LogP contribution in [0.5, 0.6) is 0 Å². The molecule has 0 spiro atoms. The summed E-state index contributed by atoms with van der Waals surface area (Å²) in [5.41, 5.74) is -0.923. The first-order valence-electron chi connectivity index (χ1n) is 7.01. The number of nitrogens with zero attached hydrogens (tertiary/aromatic N) is 1. The number of carbonyl (C=O) groups is 1. The third-order valence-corrected chi connectivity index (χ3v) is 4.39. The van der Waals surface area contributed by atoms with Gasteiger partial charge in [0.1, 0.15) is 11.0 Å². The van der Waals surface area contributed by atoms with E-state index in [-0.39, 0.29) is 17.0 Å². The fourth-order valence-corrected chi connectivity index (χ4v) is 3.16. The normalized spacial score (nSPS) is 24.0. The molecule has 1 fully saturated rings. The van der Waals surface area contributed by atoms with Crippen molar-refractivity contribution in [2.24, 2.45) is 0 Å². The second-order valence-electron chi connectivity index (χ2n) is 5.05. The van der Waals surface area contributed by atoms with Crippen molar-refractivity contribution >= 4 is 17.2 Å². The molecule has 0 aromatic carbocycles. The van der Waals surface area contributed by atoms with E-state index in [2.05, 4.69) is 15.6 Å². The number of nitrogens with one attached hydrogen (secondary N) is 2. The molecule has 2 heterocycles. The largest absolute Gasteiger partial charge is 0.434 e. The van der Waals surface area contributed by atoms with Crippen LogP contribution in [0.25, 0.3) is 0 Å². The summed E-state index contributed by atoms with van der Waals surface area (Å²) in [4.78, 5) is 15.9. The molecule has 1 aromatic rings. The highest BCUT2D eigenvalue weighted by molar-refractivity contribution is 7.09. The molecule has 22 heavy (non-hydrogen) atoms. The van der Waals surface area contributed by atoms with Crippen LogP contribution >= 0.6 is 11.3 Å². The van der Waals surface area contributed by atoms with Gasteiger partial charge in [0.2, 0.25) is 5.91 Å². The van der Waals surface area contributed by atoms with Crippen LogP contribution in [0.15, 0.2) is 5.38 Å². The molecular weight excluding hydrogens is 319 g/mol. The Morgan fingerprint density at radius 2 is 2.36 bits per heavy atom. The Labute approximate surface area is 130 Å². The van der Waals surface area contributed by atoms with Gasteiger partial charge >= 0.3 is 6.18 Å². The molecule has 0 aliphatic carbocycles. The molecule has 2 N–H and O–H groups in total. The van der Waals surface area contributed by atoms with Gasteiger partial charge in [-0.2, -0.15) is 13.2 Å². The first-order chi connectivity index (χ1) is 10.3. The molecule has 1 aliphatic heterocycles. The van der Waals surface area contributed by atoms with Crippen LogP contribution in [0.3, 0.4) is 0 Å². The minimum atomic E-state index is -4.47. The number of halogens is 3. The molecule has 0 saturated carbocycles. The second kappa shape index (κ2) is 6.93. The van der Waals surface area contributed by atoms with Gasteiger partial charge in [-0.05, 0) is 13.3 Å². The van der Waals surface area contributed by atoms with Crippen molar-refractivity contribution in [1.82, 2.24) is 15.6 Å². The molecule has 1 saturated heterocycles. The van der Waals surface area contributed by atoms with Crippen molar-refractivity contribution < 1.29 is 22.7 Å². The first kappa shape index (κ1) is 17.2.